The topological polar surface area (TPSA) is 32.3 Å². The molecule has 1 atom stereocenters. The Labute approximate surface area is 135 Å². The lowest BCUT2D eigenvalue weighted by Crippen LogP contribution is -2.45. The summed E-state index contributed by atoms with van der Waals surface area (Å²) in [5.41, 5.74) is 1.90. The van der Waals surface area contributed by atoms with Crippen LogP contribution in [0.25, 0.3) is 0 Å². The first-order chi connectivity index (χ1) is 10.8. The van der Waals surface area contributed by atoms with E-state index in [0.717, 1.165) is 25.6 Å². The second kappa shape index (κ2) is 5.97. The van der Waals surface area contributed by atoms with Gasteiger partial charge in [-0.2, -0.15) is 11.3 Å². The van der Waals surface area contributed by atoms with E-state index in [1.165, 1.54) is 37.9 Å². The second-order valence-corrected chi connectivity index (χ2v) is 7.45. The predicted molar refractivity (Wildman–Crippen MR) is 90.1 cm³/mol. The summed E-state index contributed by atoms with van der Waals surface area (Å²) >= 11 is 1.80. The Kier molecular flexibility index (Phi) is 3.84. The van der Waals surface area contributed by atoms with Crippen LogP contribution in [-0.4, -0.2) is 41.0 Å². The monoisotopic (exact) mass is 314 g/mol. The highest BCUT2D eigenvalue weighted by Gasteiger charge is 2.41. The van der Waals surface area contributed by atoms with E-state index in [2.05, 4.69) is 36.6 Å². The highest BCUT2D eigenvalue weighted by molar-refractivity contribution is 7.07. The third-order valence-electron chi connectivity index (χ3n) is 5.00. The summed E-state index contributed by atoms with van der Waals surface area (Å²) in [6.07, 6.45) is 7.60. The number of piperidine rings is 1. The van der Waals surface area contributed by atoms with Gasteiger partial charge in [0.05, 0.1) is 0 Å². The van der Waals surface area contributed by atoms with E-state index in [-0.39, 0.29) is 0 Å². The fraction of sp³-hybridized carbons (Fsp3) is 0.529. The highest BCUT2D eigenvalue weighted by atomic mass is 32.1. The van der Waals surface area contributed by atoms with Crippen LogP contribution >= 0.6 is 11.3 Å². The number of nitrogens with zero attached hydrogens (tertiary/aromatic N) is 4. The minimum atomic E-state index is 0.438. The largest absolute Gasteiger partial charge is 0.340 e. The molecule has 2 saturated heterocycles. The van der Waals surface area contributed by atoms with Crippen LogP contribution < -0.4 is 4.90 Å². The molecule has 2 aliphatic heterocycles. The lowest BCUT2D eigenvalue weighted by Gasteiger charge is -2.40. The Balaban J connectivity index is 1.43. The average Bonchev–Trinajstić information content (AvgIpc) is 3.20. The Morgan fingerprint density at radius 3 is 2.86 bits per heavy atom. The zero-order valence-corrected chi connectivity index (χ0v) is 13.6. The van der Waals surface area contributed by atoms with Gasteiger partial charge in [-0.15, -0.1) is 0 Å². The third kappa shape index (κ3) is 2.88. The van der Waals surface area contributed by atoms with Crippen molar-refractivity contribution in [2.75, 3.05) is 31.1 Å². The predicted octanol–water partition coefficient (Wildman–Crippen LogP) is 3.03. The summed E-state index contributed by atoms with van der Waals surface area (Å²) in [7, 11) is 0. The van der Waals surface area contributed by atoms with Gasteiger partial charge in [0.15, 0.2) is 0 Å². The molecule has 4 nitrogen and oxygen atoms in total. The van der Waals surface area contributed by atoms with Gasteiger partial charge in [-0.1, -0.05) is 0 Å². The lowest BCUT2D eigenvalue weighted by atomic mass is 9.79. The molecule has 0 saturated carbocycles. The van der Waals surface area contributed by atoms with Gasteiger partial charge in [0.1, 0.15) is 0 Å². The number of aromatic nitrogens is 2. The molecule has 0 amide bonds. The molecular formula is C17H22N4S. The first-order valence-corrected chi connectivity index (χ1v) is 9.03. The maximum Gasteiger partial charge on any atom is 0.225 e. The van der Waals surface area contributed by atoms with E-state index in [4.69, 9.17) is 0 Å². The minimum Gasteiger partial charge on any atom is -0.340 e. The van der Waals surface area contributed by atoms with Crippen LogP contribution in [-0.2, 0) is 6.54 Å². The summed E-state index contributed by atoms with van der Waals surface area (Å²) in [6.45, 7) is 5.74. The number of hydrogen-bond donors (Lipinski definition) is 0. The molecule has 0 bridgehead atoms. The molecule has 116 valence electrons. The van der Waals surface area contributed by atoms with Crippen molar-refractivity contribution in [3.05, 3.63) is 40.8 Å². The van der Waals surface area contributed by atoms with Crippen LogP contribution in [0.5, 0.6) is 0 Å². The minimum absolute atomic E-state index is 0.438. The highest BCUT2D eigenvalue weighted by Crippen LogP contribution is 2.40. The molecule has 5 heteroatoms. The number of anilines is 1. The van der Waals surface area contributed by atoms with E-state index in [0.29, 0.717) is 5.41 Å². The summed E-state index contributed by atoms with van der Waals surface area (Å²) < 4.78 is 0. The maximum absolute atomic E-state index is 4.44. The van der Waals surface area contributed by atoms with Crippen molar-refractivity contribution in [2.45, 2.75) is 25.8 Å². The van der Waals surface area contributed by atoms with Crippen LogP contribution in [0.2, 0.25) is 0 Å². The molecule has 0 aliphatic carbocycles. The Bertz CT molecular complexity index is 600. The molecule has 0 aromatic carbocycles. The van der Waals surface area contributed by atoms with Crippen molar-refractivity contribution in [3.8, 4) is 0 Å². The summed E-state index contributed by atoms with van der Waals surface area (Å²) in [4.78, 5) is 13.9. The van der Waals surface area contributed by atoms with Gasteiger partial charge in [-0.3, -0.25) is 4.90 Å². The summed E-state index contributed by atoms with van der Waals surface area (Å²) in [5, 5.41) is 4.45. The number of hydrogen-bond acceptors (Lipinski definition) is 5. The van der Waals surface area contributed by atoms with Gasteiger partial charge in [0, 0.05) is 44.0 Å². The second-order valence-electron chi connectivity index (χ2n) is 6.67. The molecule has 0 unspecified atom stereocenters. The van der Waals surface area contributed by atoms with Crippen LogP contribution in [0.4, 0.5) is 5.95 Å². The van der Waals surface area contributed by atoms with Crippen LogP contribution in [0, 0.1) is 5.41 Å². The number of thiophene rings is 1. The first-order valence-electron chi connectivity index (χ1n) is 8.08. The fourth-order valence-corrected chi connectivity index (χ4v) is 4.63. The lowest BCUT2D eigenvalue weighted by molar-refractivity contribution is 0.215. The molecule has 0 N–H and O–H groups in total. The van der Waals surface area contributed by atoms with Crippen molar-refractivity contribution in [1.82, 2.24) is 14.9 Å². The van der Waals surface area contributed by atoms with Crippen LogP contribution in [0.1, 0.15) is 24.8 Å². The summed E-state index contributed by atoms with van der Waals surface area (Å²) in [5.74, 6) is 0.901. The van der Waals surface area contributed by atoms with Crippen LogP contribution in [0.15, 0.2) is 35.3 Å². The standard InChI is InChI=1S/C17H22N4S/c1-4-17(14-21(8-1)16-18-6-2-7-19-16)5-9-20(13-17)11-15-3-10-22-12-15/h2-3,6-7,10,12H,1,4-5,8-9,11,13-14H2/t17-/m1/s1. The van der Waals surface area contributed by atoms with Crippen molar-refractivity contribution in [3.63, 3.8) is 0 Å². The third-order valence-corrected chi connectivity index (χ3v) is 5.73. The Morgan fingerprint density at radius 1 is 1.14 bits per heavy atom. The van der Waals surface area contributed by atoms with Gasteiger partial charge in [-0.05, 0) is 54.3 Å². The summed E-state index contributed by atoms with van der Waals surface area (Å²) in [6, 6.07) is 4.14. The van der Waals surface area contributed by atoms with E-state index >= 15 is 0 Å². The zero-order valence-electron chi connectivity index (χ0n) is 12.8. The molecule has 0 radical (unpaired) electrons. The molecule has 1 spiro atoms. The van der Waals surface area contributed by atoms with E-state index in [1.54, 1.807) is 11.3 Å². The van der Waals surface area contributed by atoms with Gasteiger partial charge in [0.2, 0.25) is 5.95 Å². The Morgan fingerprint density at radius 2 is 2.05 bits per heavy atom. The van der Waals surface area contributed by atoms with Crippen molar-refractivity contribution >= 4 is 17.3 Å². The molecular weight excluding hydrogens is 292 g/mol. The fourth-order valence-electron chi connectivity index (χ4n) is 3.97. The van der Waals surface area contributed by atoms with Gasteiger partial charge >= 0.3 is 0 Å². The van der Waals surface area contributed by atoms with E-state index in [9.17, 15) is 0 Å². The number of likely N-dealkylation sites (tertiary alicyclic amines) is 1. The van der Waals surface area contributed by atoms with Crippen LogP contribution in [0.3, 0.4) is 0 Å². The van der Waals surface area contributed by atoms with Crippen molar-refractivity contribution in [1.29, 1.82) is 0 Å². The van der Waals surface area contributed by atoms with Gasteiger partial charge < -0.3 is 4.90 Å². The SMILES string of the molecule is c1cnc(N2CCC[C@]3(CCN(Cc4ccsc4)C3)C2)nc1. The van der Waals surface area contributed by atoms with Gasteiger partial charge in [-0.25, -0.2) is 9.97 Å². The molecule has 2 aromatic heterocycles. The molecule has 2 fully saturated rings. The molecule has 4 heterocycles. The smallest absolute Gasteiger partial charge is 0.225 e. The molecule has 22 heavy (non-hydrogen) atoms. The van der Waals surface area contributed by atoms with Crippen molar-refractivity contribution < 1.29 is 0 Å². The number of rotatable bonds is 3. The average molecular weight is 314 g/mol. The first kappa shape index (κ1) is 14.2. The van der Waals surface area contributed by atoms with Crippen molar-refractivity contribution in [2.24, 2.45) is 5.41 Å². The van der Waals surface area contributed by atoms with Gasteiger partial charge in [0.25, 0.3) is 0 Å². The molecule has 4 rings (SSSR count). The normalized spacial score (nSPS) is 25.9. The van der Waals surface area contributed by atoms with E-state index in [1.807, 2.05) is 18.5 Å². The quantitative estimate of drug-likeness (QED) is 0.872. The molecule has 2 aromatic rings. The zero-order chi connectivity index (χ0) is 14.8. The maximum atomic E-state index is 4.44. The van der Waals surface area contributed by atoms with E-state index < -0.39 is 0 Å². The Hall–Kier alpha value is -1.46. The molecule has 2 aliphatic rings.